The quantitative estimate of drug-likeness (QED) is 0.673. The number of hydrogen-bond donors (Lipinski definition) is 1. The maximum atomic E-state index is 11.3. The average Bonchev–Trinajstić information content (AvgIpc) is 2.09. The van der Waals surface area contributed by atoms with Gasteiger partial charge < -0.3 is 5.32 Å². The minimum absolute atomic E-state index is 0.0297. The minimum atomic E-state index is -0.0297. The molecule has 0 spiro atoms. The molecule has 1 aromatic heterocycles. The molecule has 1 heterocycles. The van der Waals surface area contributed by atoms with Gasteiger partial charge in [0.1, 0.15) is 0 Å². The predicted octanol–water partition coefficient (Wildman–Crippen LogP) is 0.161. The number of aromatic nitrogens is 2. The van der Waals surface area contributed by atoms with Crippen molar-refractivity contribution in [2.24, 2.45) is 0 Å². The van der Waals surface area contributed by atoms with Crippen LogP contribution in [0.4, 0.5) is 0 Å². The van der Waals surface area contributed by atoms with Crippen LogP contribution in [0.25, 0.3) is 0 Å². The molecule has 1 N–H and O–H groups in total. The van der Waals surface area contributed by atoms with E-state index in [0.717, 1.165) is 18.7 Å². The van der Waals surface area contributed by atoms with Gasteiger partial charge in [0.15, 0.2) is 0 Å². The van der Waals surface area contributed by atoms with E-state index in [9.17, 15) is 4.79 Å². The first-order valence-electron chi connectivity index (χ1n) is 4.48. The number of aryl methyl sites for hydroxylation is 1. The van der Waals surface area contributed by atoms with Crippen LogP contribution in [0.1, 0.15) is 12.5 Å². The SMILES string of the molecule is CCNCCn1ncc(C)cc1=O. The smallest absolute Gasteiger partial charge is 0.267 e. The van der Waals surface area contributed by atoms with Gasteiger partial charge in [0.25, 0.3) is 5.56 Å². The van der Waals surface area contributed by atoms with Gasteiger partial charge in [-0.25, -0.2) is 4.68 Å². The summed E-state index contributed by atoms with van der Waals surface area (Å²) in [5, 5.41) is 7.15. The zero-order valence-corrected chi connectivity index (χ0v) is 8.08. The molecule has 0 atom stereocenters. The third kappa shape index (κ3) is 2.99. The molecule has 4 nitrogen and oxygen atoms in total. The Hall–Kier alpha value is -1.16. The van der Waals surface area contributed by atoms with Gasteiger partial charge in [-0.05, 0) is 19.0 Å². The predicted molar refractivity (Wildman–Crippen MR) is 51.8 cm³/mol. The van der Waals surface area contributed by atoms with E-state index in [1.54, 1.807) is 12.3 Å². The number of nitrogens with zero attached hydrogens (tertiary/aromatic N) is 2. The van der Waals surface area contributed by atoms with E-state index in [1.807, 2.05) is 13.8 Å². The van der Waals surface area contributed by atoms with Gasteiger partial charge in [0.05, 0.1) is 12.7 Å². The van der Waals surface area contributed by atoms with Gasteiger partial charge >= 0.3 is 0 Å². The molecule has 0 aliphatic carbocycles. The fraction of sp³-hybridized carbons (Fsp3) is 0.556. The lowest BCUT2D eigenvalue weighted by molar-refractivity contribution is 0.539. The third-order valence-electron chi connectivity index (χ3n) is 1.76. The number of rotatable bonds is 4. The molecule has 0 unspecified atom stereocenters. The van der Waals surface area contributed by atoms with Crippen LogP contribution in [-0.2, 0) is 6.54 Å². The standard InChI is InChI=1S/C9H15N3O/c1-3-10-4-5-12-9(13)6-8(2)7-11-12/h6-7,10H,3-5H2,1-2H3. The zero-order chi connectivity index (χ0) is 9.68. The Bertz CT molecular complexity index is 319. The maximum Gasteiger partial charge on any atom is 0.267 e. The monoisotopic (exact) mass is 181 g/mol. The van der Waals surface area contributed by atoms with Crippen molar-refractivity contribution in [1.82, 2.24) is 15.1 Å². The largest absolute Gasteiger partial charge is 0.315 e. The number of hydrogen-bond acceptors (Lipinski definition) is 3. The minimum Gasteiger partial charge on any atom is -0.315 e. The molecule has 0 fully saturated rings. The van der Waals surface area contributed by atoms with Gasteiger partial charge in [-0.15, -0.1) is 0 Å². The summed E-state index contributed by atoms with van der Waals surface area (Å²) in [5.74, 6) is 0. The second-order valence-corrected chi connectivity index (χ2v) is 2.95. The van der Waals surface area contributed by atoms with Crippen LogP contribution in [0.3, 0.4) is 0 Å². The van der Waals surface area contributed by atoms with E-state index < -0.39 is 0 Å². The van der Waals surface area contributed by atoms with E-state index >= 15 is 0 Å². The summed E-state index contributed by atoms with van der Waals surface area (Å²) < 4.78 is 1.47. The molecule has 0 bridgehead atoms. The summed E-state index contributed by atoms with van der Waals surface area (Å²) in [7, 11) is 0. The van der Waals surface area contributed by atoms with Gasteiger partial charge in [-0.2, -0.15) is 5.10 Å². The highest BCUT2D eigenvalue weighted by atomic mass is 16.1. The van der Waals surface area contributed by atoms with Crippen molar-refractivity contribution in [3.05, 3.63) is 28.2 Å². The Kier molecular flexibility index (Phi) is 3.64. The van der Waals surface area contributed by atoms with Crippen LogP contribution < -0.4 is 10.9 Å². The fourth-order valence-electron chi connectivity index (χ4n) is 1.05. The lowest BCUT2D eigenvalue weighted by Crippen LogP contribution is -2.28. The summed E-state index contributed by atoms with van der Waals surface area (Å²) in [6.45, 7) is 6.23. The highest BCUT2D eigenvalue weighted by Crippen LogP contribution is 1.85. The Morgan fingerprint density at radius 1 is 1.62 bits per heavy atom. The first-order valence-corrected chi connectivity index (χ1v) is 4.48. The van der Waals surface area contributed by atoms with Gasteiger partial charge in [0, 0.05) is 12.6 Å². The lowest BCUT2D eigenvalue weighted by atomic mass is 10.3. The van der Waals surface area contributed by atoms with Crippen molar-refractivity contribution in [2.75, 3.05) is 13.1 Å². The lowest BCUT2D eigenvalue weighted by Gasteiger charge is -2.04. The molecule has 1 aromatic rings. The number of likely N-dealkylation sites (N-methyl/N-ethyl adjacent to an activating group) is 1. The Balaban J connectivity index is 2.62. The van der Waals surface area contributed by atoms with E-state index in [2.05, 4.69) is 10.4 Å². The molecule has 1 rings (SSSR count). The molecule has 0 aliphatic rings. The van der Waals surface area contributed by atoms with Crippen LogP contribution in [-0.4, -0.2) is 22.9 Å². The van der Waals surface area contributed by atoms with Gasteiger partial charge in [0.2, 0.25) is 0 Å². The van der Waals surface area contributed by atoms with Crippen molar-refractivity contribution in [2.45, 2.75) is 20.4 Å². The van der Waals surface area contributed by atoms with E-state index in [1.165, 1.54) is 4.68 Å². The van der Waals surface area contributed by atoms with Crippen molar-refractivity contribution in [3.8, 4) is 0 Å². The maximum absolute atomic E-state index is 11.3. The van der Waals surface area contributed by atoms with Gasteiger partial charge in [-0.1, -0.05) is 6.92 Å². The van der Waals surface area contributed by atoms with E-state index in [-0.39, 0.29) is 5.56 Å². The molecule has 4 heteroatoms. The molecular formula is C9H15N3O. The summed E-state index contributed by atoms with van der Waals surface area (Å²) >= 11 is 0. The number of nitrogens with one attached hydrogen (secondary N) is 1. The molecule has 0 saturated carbocycles. The third-order valence-corrected chi connectivity index (χ3v) is 1.76. The van der Waals surface area contributed by atoms with Crippen LogP contribution in [0.2, 0.25) is 0 Å². The molecule has 0 saturated heterocycles. The van der Waals surface area contributed by atoms with Crippen molar-refractivity contribution in [1.29, 1.82) is 0 Å². The summed E-state index contributed by atoms with van der Waals surface area (Å²) in [4.78, 5) is 11.3. The summed E-state index contributed by atoms with van der Waals surface area (Å²) in [5.41, 5.74) is 0.877. The Morgan fingerprint density at radius 3 is 3.00 bits per heavy atom. The highest BCUT2D eigenvalue weighted by Gasteiger charge is 1.95. The van der Waals surface area contributed by atoms with Gasteiger partial charge in [-0.3, -0.25) is 4.79 Å². The van der Waals surface area contributed by atoms with Crippen LogP contribution in [0.5, 0.6) is 0 Å². The molecule has 13 heavy (non-hydrogen) atoms. The normalized spacial score (nSPS) is 10.3. The average molecular weight is 181 g/mol. The Labute approximate surface area is 77.6 Å². The molecule has 0 aromatic carbocycles. The molecule has 0 radical (unpaired) electrons. The van der Waals surface area contributed by atoms with Crippen molar-refractivity contribution < 1.29 is 0 Å². The highest BCUT2D eigenvalue weighted by molar-refractivity contribution is 5.02. The first-order chi connectivity index (χ1) is 6.24. The van der Waals surface area contributed by atoms with E-state index in [4.69, 9.17) is 0 Å². The molecular weight excluding hydrogens is 166 g/mol. The van der Waals surface area contributed by atoms with Crippen LogP contribution in [0.15, 0.2) is 17.1 Å². The second-order valence-electron chi connectivity index (χ2n) is 2.95. The molecule has 0 amide bonds. The first kappa shape index (κ1) is 9.92. The van der Waals surface area contributed by atoms with Crippen molar-refractivity contribution >= 4 is 0 Å². The summed E-state index contributed by atoms with van der Waals surface area (Å²) in [6.07, 6.45) is 1.70. The summed E-state index contributed by atoms with van der Waals surface area (Å²) in [6, 6.07) is 1.60. The topological polar surface area (TPSA) is 46.9 Å². The molecule has 72 valence electrons. The Morgan fingerprint density at radius 2 is 2.38 bits per heavy atom. The fourth-order valence-corrected chi connectivity index (χ4v) is 1.05. The molecule has 0 aliphatic heterocycles. The second kappa shape index (κ2) is 4.77. The van der Waals surface area contributed by atoms with E-state index in [0.29, 0.717) is 6.54 Å². The van der Waals surface area contributed by atoms with Crippen molar-refractivity contribution in [3.63, 3.8) is 0 Å². The zero-order valence-electron chi connectivity index (χ0n) is 8.08. The van der Waals surface area contributed by atoms with Crippen LogP contribution in [0, 0.1) is 6.92 Å². The van der Waals surface area contributed by atoms with Crippen LogP contribution >= 0.6 is 0 Å².